The third-order valence-corrected chi connectivity index (χ3v) is 4.60. The van der Waals surface area contributed by atoms with Gasteiger partial charge in [0, 0.05) is 31.2 Å². The Kier molecular flexibility index (Phi) is 3.00. The van der Waals surface area contributed by atoms with Gasteiger partial charge in [-0.05, 0) is 25.2 Å². The summed E-state index contributed by atoms with van der Waals surface area (Å²) in [6.07, 6.45) is 5.42. The van der Waals surface area contributed by atoms with Crippen LogP contribution in [0.3, 0.4) is 0 Å². The lowest BCUT2D eigenvalue weighted by Gasteiger charge is -2.35. The molecule has 3 atom stereocenters. The first-order chi connectivity index (χ1) is 9.79. The summed E-state index contributed by atoms with van der Waals surface area (Å²) in [5, 5.41) is 6.71. The van der Waals surface area contributed by atoms with Gasteiger partial charge in [0.1, 0.15) is 6.26 Å². The number of aromatic nitrogens is 1. The van der Waals surface area contributed by atoms with Gasteiger partial charge < -0.3 is 14.6 Å². The summed E-state index contributed by atoms with van der Waals surface area (Å²) in [6, 6.07) is 2.22. The van der Waals surface area contributed by atoms with Gasteiger partial charge in [-0.25, -0.2) is 0 Å². The first kappa shape index (κ1) is 12.3. The Morgan fingerprint density at radius 3 is 3.05 bits per heavy atom. The molecule has 1 N–H and O–H groups in total. The zero-order valence-corrected chi connectivity index (χ0v) is 11.3. The van der Waals surface area contributed by atoms with E-state index in [-0.39, 0.29) is 11.9 Å². The number of fused-ring (bicyclic) bond motifs is 1. The third-order valence-electron chi connectivity index (χ3n) is 4.60. The minimum absolute atomic E-state index is 0.150. The molecule has 6 heteroatoms. The molecule has 0 unspecified atom stereocenters. The fourth-order valence-electron chi connectivity index (χ4n) is 3.35. The summed E-state index contributed by atoms with van der Waals surface area (Å²) in [5.41, 5.74) is 0.349. The van der Waals surface area contributed by atoms with E-state index in [0.717, 1.165) is 32.0 Å². The van der Waals surface area contributed by atoms with Crippen molar-refractivity contribution < 1.29 is 14.1 Å². The smallest absolute Gasteiger partial charge is 0.273 e. The lowest BCUT2D eigenvalue weighted by atomic mass is 10.1. The summed E-state index contributed by atoms with van der Waals surface area (Å²) >= 11 is 0. The summed E-state index contributed by atoms with van der Waals surface area (Å²) in [7, 11) is 0. The SMILES string of the molecule is O=C(N[C@@H]1C[C@H]2CO[C@H](C3CC3)CN2C1)c1ccon1. The van der Waals surface area contributed by atoms with E-state index in [0.29, 0.717) is 17.8 Å². The van der Waals surface area contributed by atoms with Crippen LogP contribution in [0, 0.1) is 5.92 Å². The second-order valence-electron chi connectivity index (χ2n) is 6.11. The lowest BCUT2D eigenvalue weighted by Crippen LogP contribution is -2.47. The van der Waals surface area contributed by atoms with Crippen LogP contribution in [0.15, 0.2) is 16.9 Å². The second kappa shape index (κ2) is 4.86. The fourth-order valence-corrected chi connectivity index (χ4v) is 3.35. The van der Waals surface area contributed by atoms with E-state index < -0.39 is 0 Å². The van der Waals surface area contributed by atoms with Crippen molar-refractivity contribution >= 4 is 5.91 Å². The average Bonchev–Trinajstić information content (AvgIpc) is 3.01. The van der Waals surface area contributed by atoms with E-state index in [1.54, 1.807) is 6.07 Å². The van der Waals surface area contributed by atoms with Gasteiger partial charge in [-0.1, -0.05) is 5.16 Å². The van der Waals surface area contributed by atoms with Crippen LogP contribution in [-0.4, -0.2) is 53.8 Å². The molecule has 2 saturated heterocycles. The number of hydrogen-bond donors (Lipinski definition) is 1. The molecule has 0 bridgehead atoms. The first-order valence-electron chi connectivity index (χ1n) is 7.36. The normalized spacial score (nSPS) is 33.9. The van der Waals surface area contributed by atoms with Gasteiger partial charge >= 0.3 is 0 Å². The lowest BCUT2D eigenvalue weighted by molar-refractivity contribution is -0.0581. The highest BCUT2D eigenvalue weighted by atomic mass is 16.5. The molecule has 0 aromatic carbocycles. The van der Waals surface area contributed by atoms with E-state index in [9.17, 15) is 4.79 Å². The average molecular weight is 277 g/mol. The predicted octanol–water partition coefficient (Wildman–Crippen LogP) is 0.656. The van der Waals surface area contributed by atoms with Gasteiger partial charge in [0.2, 0.25) is 0 Å². The standard InChI is InChI=1S/C14H19N3O3/c18-14(12-3-4-20-16-12)15-10-5-11-8-19-13(9-1-2-9)7-17(11)6-10/h3-4,9-11,13H,1-2,5-8H2,(H,15,18)/t10-,11+,13+/m1/s1. The highest BCUT2D eigenvalue weighted by Gasteiger charge is 2.42. The highest BCUT2D eigenvalue weighted by Crippen LogP contribution is 2.37. The van der Waals surface area contributed by atoms with E-state index in [1.807, 2.05) is 0 Å². The van der Waals surface area contributed by atoms with Crippen LogP contribution in [0.1, 0.15) is 29.8 Å². The van der Waals surface area contributed by atoms with E-state index in [4.69, 9.17) is 9.26 Å². The molecule has 108 valence electrons. The van der Waals surface area contributed by atoms with Crippen molar-refractivity contribution in [2.75, 3.05) is 19.7 Å². The number of amides is 1. The number of nitrogens with zero attached hydrogens (tertiary/aromatic N) is 2. The third kappa shape index (κ3) is 2.33. The van der Waals surface area contributed by atoms with Crippen molar-refractivity contribution in [2.45, 2.75) is 37.5 Å². The Bertz CT molecular complexity index is 486. The van der Waals surface area contributed by atoms with Gasteiger partial charge in [-0.15, -0.1) is 0 Å². The number of hydrogen-bond acceptors (Lipinski definition) is 5. The molecule has 3 aliphatic rings. The summed E-state index contributed by atoms with van der Waals surface area (Å²) in [4.78, 5) is 14.4. The molecule has 0 spiro atoms. The van der Waals surface area contributed by atoms with E-state index in [2.05, 4.69) is 15.4 Å². The quantitative estimate of drug-likeness (QED) is 0.879. The molecule has 4 rings (SSSR count). The fraction of sp³-hybridized carbons (Fsp3) is 0.714. The maximum Gasteiger partial charge on any atom is 0.273 e. The van der Waals surface area contributed by atoms with Crippen LogP contribution in [0.25, 0.3) is 0 Å². The van der Waals surface area contributed by atoms with Gasteiger partial charge in [0.15, 0.2) is 5.69 Å². The van der Waals surface area contributed by atoms with E-state index >= 15 is 0 Å². The molecular formula is C14H19N3O3. The van der Waals surface area contributed by atoms with Crippen LogP contribution < -0.4 is 5.32 Å². The summed E-state index contributed by atoms with van der Waals surface area (Å²) < 4.78 is 10.7. The Morgan fingerprint density at radius 2 is 2.30 bits per heavy atom. The van der Waals surface area contributed by atoms with Crippen LogP contribution in [0.2, 0.25) is 0 Å². The van der Waals surface area contributed by atoms with Gasteiger partial charge in [0.05, 0.1) is 12.7 Å². The number of ether oxygens (including phenoxy) is 1. The largest absolute Gasteiger partial charge is 0.375 e. The summed E-state index contributed by atoms with van der Waals surface area (Å²) in [6.45, 7) is 2.74. The zero-order valence-electron chi connectivity index (χ0n) is 11.3. The molecule has 2 aliphatic heterocycles. The molecule has 3 heterocycles. The van der Waals surface area contributed by atoms with Crippen LogP contribution >= 0.6 is 0 Å². The molecule has 20 heavy (non-hydrogen) atoms. The maximum atomic E-state index is 12.0. The Morgan fingerprint density at radius 1 is 1.40 bits per heavy atom. The van der Waals surface area contributed by atoms with Crippen LogP contribution in [0.5, 0.6) is 0 Å². The number of carbonyl (C=O) groups is 1. The topological polar surface area (TPSA) is 67.6 Å². The number of carbonyl (C=O) groups excluding carboxylic acids is 1. The Labute approximate surface area is 117 Å². The molecule has 1 aromatic rings. The highest BCUT2D eigenvalue weighted by molar-refractivity contribution is 5.92. The first-order valence-corrected chi connectivity index (χ1v) is 7.36. The molecule has 1 aliphatic carbocycles. The van der Waals surface area contributed by atoms with Gasteiger partial charge in [-0.2, -0.15) is 0 Å². The van der Waals surface area contributed by atoms with Crippen LogP contribution in [0.4, 0.5) is 0 Å². The van der Waals surface area contributed by atoms with Crippen molar-refractivity contribution in [3.8, 4) is 0 Å². The van der Waals surface area contributed by atoms with Crippen LogP contribution in [-0.2, 0) is 4.74 Å². The zero-order chi connectivity index (χ0) is 13.5. The molecular weight excluding hydrogens is 258 g/mol. The predicted molar refractivity (Wildman–Crippen MR) is 70.2 cm³/mol. The van der Waals surface area contributed by atoms with Gasteiger partial charge in [0.25, 0.3) is 5.91 Å². The van der Waals surface area contributed by atoms with Crippen molar-refractivity contribution in [3.63, 3.8) is 0 Å². The van der Waals surface area contributed by atoms with Crippen molar-refractivity contribution in [1.29, 1.82) is 0 Å². The molecule has 1 aromatic heterocycles. The Balaban J connectivity index is 1.34. The van der Waals surface area contributed by atoms with Gasteiger partial charge in [-0.3, -0.25) is 9.69 Å². The van der Waals surface area contributed by atoms with Crippen molar-refractivity contribution in [2.24, 2.45) is 5.92 Å². The summed E-state index contributed by atoms with van der Waals surface area (Å²) in [5.74, 6) is 0.628. The van der Waals surface area contributed by atoms with E-state index in [1.165, 1.54) is 19.1 Å². The minimum Gasteiger partial charge on any atom is -0.375 e. The van der Waals surface area contributed by atoms with Crippen molar-refractivity contribution in [3.05, 3.63) is 18.0 Å². The number of rotatable bonds is 3. The number of morpholine rings is 1. The monoisotopic (exact) mass is 277 g/mol. The van der Waals surface area contributed by atoms with Crippen molar-refractivity contribution in [1.82, 2.24) is 15.4 Å². The molecule has 1 saturated carbocycles. The second-order valence-corrected chi connectivity index (χ2v) is 6.11. The molecule has 0 radical (unpaired) electrons. The number of nitrogens with one attached hydrogen (secondary N) is 1. The maximum absolute atomic E-state index is 12.0. The molecule has 3 fully saturated rings. The molecule has 6 nitrogen and oxygen atoms in total. The minimum atomic E-state index is -0.150. The Hall–Kier alpha value is -1.40. The molecule has 1 amide bonds.